The molecule has 0 saturated carbocycles. The quantitative estimate of drug-likeness (QED) is 0.722. The van der Waals surface area contributed by atoms with Gasteiger partial charge in [-0.15, -0.1) is 0 Å². The molecule has 0 N–H and O–H groups in total. The lowest BCUT2D eigenvalue weighted by Gasteiger charge is -2.33. The first-order valence-electron chi connectivity index (χ1n) is 8.39. The molecule has 1 unspecified atom stereocenters. The van der Waals surface area contributed by atoms with Crippen molar-refractivity contribution in [2.45, 2.75) is 13.0 Å². The molecule has 0 radical (unpaired) electrons. The molecule has 0 aliphatic carbocycles. The van der Waals surface area contributed by atoms with Crippen LogP contribution in [0, 0.1) is 6.92 Å². The zero-order valence-electron chi connectivity index (χ0n) is 14.3. The number of morpholine rings is 1. The first-order valence-corrected chi connectivity index (χ1v) is 8.39. The Morgan fingerprint density at radius 2 is 2.15 bits per heavy atom. The van der Waals surface area contributed by atoms with E-state index in [9.17, 15) is 4.79 Å². The van der Waals surface area contributed by atoms with Crippen LogP contribution >= 0.6 is 0 Å². The van der Waals surface area contributed by atoms with E-state index in [2.05, 4.69) is 21.2 Å². The Morgan fingerprint density at radius 3 is 2.96 bits per heavy atom. The molecule has 7 heteroatoms. The summed E-state index contributed by atoms with van der Waals surface area (Å²) < 4.78 is 10.3. The van der Waals surface area contributed by atoms with Crippen molar-refractivity contribution in [3.8, 4) is 11.1 Å². The summed E-state index contributed by atoms with van der Waals surface area (Å²) in [6.45, 7) is 3.32. The molecule has 3 aromatic rings. The summed E-state index contributed by atoms with van der Waals surface area (Å²) in [6.07, 6.45) is 4.61. The van der Waals surface area contributed by atoms with Crippen molar-refractivity contribution in [2.75, 3.05) is 19.8 Å². The number of pyridine rings is 1. The van der Waals surface area contributed by atoms with Gasteiger partial charge >= 0.3 is 0 Å². The van der Waals surface area contributed by atoms with E-state index >= 15 is 0 Å². The number of amides is 1. The van der Waals surface area contributed by atoms with Crippen LogP contribution in [0.1, 0.15) is 27.8 Å². The van der Waals surface area contributed by atoms with Crippen molar-refractivity contribution in [1.29, 1.82) is 0 Å². The second-order valence-corrected chi connectivity index (χ2v) is 6.21. The highest BCUT2D eigenvalue weighted by Crippen LogP contribution is 2.25. The maximum absolute atomic E-state index is 13.1. The van der Waals surface area contributed by atoms with Gasteiger partial charge < -0.3 is 14.2 Å². The van der Waals surface area contributed by atoms with Crippen LogP contribution in [0.2, 0.25) is 0 Å². The summed E-state index contributed by atoms with van der Waals surface area (Å²) in [7, 11) is 0. The number of hydrogen-bond acceptors (Lipinski definition) is 6. The molecule has 0 bridgehead atoms. The summed E-state index contributed by atoms with van der Waals surface area (Å²) in [5, 5.41) is 3.87. The molecular formula is C19H18N4O3. The van der Waals surface area contributed by atoms with Crippen molar-refractivity contribution in [3.05, 3.63) is 66.1 Å². The van der Waals surface area contributed by atoms with Crippen LogP contribution in [-0.4, -0.2) is 45.7 Å². The zero-order valence-corrected chi connectivity index (χ0v) is 14.3. The molecule has 4 rings (SSSR count). The van der Waals surface area contributed by atoms with E-state index in [1.54, 1.807) is 17.3 Å². The number of carbonyl (C=O) groups excluding carboxylic acids is 1. The number of nitrogens with zero attached hydrogens (tertiary/aromatic N) is 4. The molecular weight excluding hydrogens is 332 g/mol. The van der Waals surface area contributed by atoms with Gasteiger partial charge in [0.1, 0.15) is 6.04 Å². The van der Waals surface area contributed by atoms with E-state index in [0.717, 1.165) is 16.7 Å². The Bertz CT molecular complexity index is 911. The van der Waals surface area contributed by atoms with Crippen molar-refractivity contribution in [3.63, 3.8) is 0 Å². The van der Waals surface area contributed by atoms with Crippen LogP contribution in [-0.2, 0) is 4.74 Å². The van der Waals surface area contributed by atoms with Gasteiger partial charge in [0.2, 0.25) is 6.39 Å². The molecule has 1 aliphatic heterocycles. The topological polar surface area (TPSA) is 81.4 Å². The van der Waals surface area contributed by atoms with E-state index < -0.39 is 0 Å². The monoisotopic (exact) mass is 350 g/mol. The summed E-state index contributed by atoms with van der Waals surface area (Å²) in [5.74, 6) is 0.325. The van der Waals surface area contributed by atoms with Gasteiger partial charge in [-0.1, -0.05) is 35.0 Å². The Balaban J connectivity index is 1.64. The van der Waals surface area contributed by atoms with Gasteiger partial charge in [-0.3, -0.25) is 9.78 Å². The fourth-order valence-corrected chi connectivity index (χ4v) is 3.09. The molecule has 1 aromatic carbocycles. The largest absolute Gasteiger partial charge is 0.377 e. The zero-order chi connectivity index (χ0) is 17.9. The van der Waals surface area contributed by atoms with Crippen molar-refractivity contribution in [2.24, 2.45) is 0 Å². The highest BCUT2D eigenvalue weighted by Gasteiger charge is 2.32. The molecule has 26 heavy (non-hydrogen) atoms. The first kappa shape index (κ1) is 16.4. The number of carbonyl (C=O) groups is 1. The maximum atomic E-state index is 13.1. The Labute approximate surface area is 150 Å². The predicted octanol–water partition coefficient (Wildman–Crippen LogP) is 2.65. The second kappa shape index (κ2) is 7.05. The third-order valence-electron chi connectivity index (χ3n) is 4.40. The number of rotatable bonds is 3. The third kappa shape index (κ3) is 3.21. The van der Waals surface area contributed by atoms with Crippen LogP contribution in [0.15, 0.2) is 53.6 Å². The van der Waals surface area contributed by atoms with Crippen LogP contribution in [0.25, 0.3) is 11.1 Å². The molecule has 1 saturated heterocycles. The number of aromatic nitrogens is 3. The van der Waals surface area contributed by atoms with Crippen LogP contribution in [0.3, 0.4) is 0 Å². The summed E-state index contributed by atoms with van der Waals surface area (Å²) in [5.41, 5.74) is 3.62. The van der Waals surface area contributed by atoms with Crippen LogP contribution in [0.5, 0.6) is 0 Å². The fraction of sp³-hybridized carbons (Fsp3) is 0.263. The van der Waals surface area contributed by atoms with Gasteiger partial charge in [0.15, 0.2) is 5.82 Å². The highest BCUT2D eigenvalue weighted by molar-refractivity contribution is 5.95. The van der Waals surface area contributed by atoms with E-state index in [4.69, 9.17) is 9.26 Å². The molecule has 7 nitrogen and oxygen atoms in total. The molecule has 132 valence electrons. The SMILES string of the molecule is Cc1cccc(-c2cncc(C(=O)N3CCOCC3c3ncon3)c2)c1. The van der Waals surface area contributed by atoms with E-state index in [0.29, 0.717) is 31.1 Å². The van der Waals surface area contributed by atoms with Crippen molar-refractivity contribution >= 4 is 5.91 Å². The minimum Gasteiger partial charge on any atom is -0.377 e. The normalized spacial score (nSPS) is 17.3. The average molecular weight is 350 g/mol. The van der Waals surface area contributed by atoms with Gasteiger partial charge in [0.05, 0.1) is 18.8 Å². The van der Waals surface area contributed by atoms with Crippen molar-refractivity contribution in [1.82, 2.24) is 20.0 Å². The summed E-state index contributed by atoms with van der Waals surface area (Å²) in [4.78, 5) is 23.2. The molecule has 1 fully saturated rings. The second-order valence-electron chi connectivity index (χ2n) is 6.21. The molecule has 1 atom stereocenters. The smallest absolute Gasteiger partial charge is 0.256 e. The summed E-state index contributed by atoms with van der Waals surface area (Å²) >= 11 is 0. The van der Waals surface area contributed by atoms with E-state index in [1.807, 2.05) is 31.2 Å². The van der Waals surface area contributed by atoms with E-state index in [1.165, 1.54) is 6.39 Å². The lowest BCUT2D eigenvalue weighted by molar-refractivity contribution is -0.00578. The van der Waals surface area contributed by atoms with Gasteiger partial charge in [0, 0.05) is 24.5 Å². The lowest BCUT2D eigenvalue weighted by atomic mass is 10.0. The van der Waals surface area contributed by atoms with E-state index in [-0.39, 0.29) is 11.9 Å². The molecule has 1 amide bonds. The van der Waals surface area contributed by atoms with Gasteiger partial charge in [-0.2, -0.15) is 4.98 Å². The molecule has 2 aromatic heterocycles. The molecule has 3 heterocycles. The Hall–Kier alpha value is -3.06. The third-order valence-corrected chi connectivity index (χ3v) is 4.40. The lowest BCUT2D eigenvalue weighted by Crippen LogP contribution is -2.43. The maximum Gasteiger partial charge on any atom is 0.256 e. The summed E-state index contributed by atoms with van der Waals surface area (Å²) in [6, 6.07) is 9.62. The first-order chi connectivity index (χ1) is 12.7. The number of benzene rings is 1. The predicted molar refractivity (Wildman–Crippen MR) is 93.3 cm³/mol. The molecule has 0 spiro atoms. The van der Waals surface area contributed by atoms with Crippen LogP contribution in [0.4, 0.5) is 0 Å². The van der Waals surface area contributed by atoms with Crippen LogP contribution < -0.4 is 0 Å². The number of aryl methyl sites for hydroxylation is 1. The van der Waals surface area contributed by atoms with Crippen molar-refractivity contribution < 1.29 is 14.1 Å². The number of ether oxygens (including phenoxy) is 1. The van der Waals surface area contributed by atoms with Gasteiger partial charge in [0.25, 0.3) is 5.91 Å². The average Bonchev–Trinajstić information content (AvgIpc) is 3.22. The highest BCUT2D eigenvalue weighted by atomic mass is 16.5. The fourth-order valence-electron chi connectivity index (χ4n) is 3.09. The van der Waals surface area contributed by atoms with Gasteiger partial charge in [-0.05, 0) is 18.6 Å². The Morgan fingerprint density at radius 1 is 1.23 bits per heavy atom. The standard InChI is InChI=1S/C19H18N4O3/c1-13-3-2-4-14(7-13)15-8-16(10-20-9-15)19(24)23-5-6-25-11-17(23)18-21-12-26-22-18/h2-4,7-10,12,17H,5-6,11H2,1H3. The minimum atomic E-state index is -0.363. The Kier molecular flexibility index (Phi) is 4.45. The minimum absolute atomic E-state index is 0.120. The number of hydrogen-bond donors (Lipinski definition) is 0. The molecule has 1 aliphatic rings. The van der Waals surface area contributed by atoms with Gasteiger partial charge in [-0.25, -0.2) is 0 Å².